The third-order valence-corrected chi connectivity index (χ3v) is 3.66. The molecule has 2 rings (SSSR count). The van der Waals surface area contributed by atoms with Crippen LogP contribution in [0.1, 0.15) is 41.3 Å². The zero-order valence-corrected chi connectivity index (χ0v) is 11.5. The first-order valence-electron chi connectivity index (χ1n) is 6.76. The monoisotopic (exact) mass is 277 g/mol. The number of aliphatic hydroxyl groups is 1. The van der Waals surface area contributed by atoms with Crippen LogP contribution in [0.5, 0.6) is 0 Å². The zero-order chi connectivity index (χ0) is 14.8. The Morgan fingerprint density at radius 2 is 1.90 bits per heavy atom. The summed E-state index contributed by atoms with van der Waals surface area (Å²) in [6.45, 7) is 0.834. The van der Waals surface area contributed by atoms with Gasteiger partial charge in [-0.2, -0.15) is 0 Å². The standard InChI is InChI=1S/C15H19NO4/c1-15(20,14(18)19)9-16-13(17)12-7-6-10-4-2-3-5-11(10)8-12/h6-8,20H,2-5,9H2,1H3,(H,16,17)(H,18,19). The number of rotatable bonds is 4. The molecule has 0 bridgehead atoms. The van der Waals surface area contributed by atoms with Crippen molar-refractivity contribution in [2.24, 2.45) is 0 Å². The topological polar surface area (TPSA) is 86.6 Å². The highest BCUT2D eigenvalue weighted by molar-refractivity contribution is 5.95. The lowest BCUT2D eigenvalue weighted by molar-refractivity contribution is -0.155. The average Bonchev–Trinajstić information content (AvgIpc) is 2.44. The Hall–Kier alpha value is -1.88. The van der Waals surface area contributed by atoms with Crippen molar-refractivity contribution in [1.82, 2.24) is 5.32 Å². The summed E-state index contributed by atoms with van der Waals surface area (Å²) in [7, 11) is 0. The minimum atomic E-state index is -1.95. The molecule has 5 heteroatoms. The molecule has 0 saturated heterocycles. The maximum atomic E-state index is 12.0. The lowest BCUT2D eigenvalue weighted by Gasteiger charge is -2.19. The molecule has 0 spiro atoms. The van der Waals surface area contributed by atoms with Gasteiger partial charge >= 0.3 is 5.97 Å². The maximum Gasteiger partial charge on any atom is 0.337 e. The number of aryl methyl sites for hydroxylation is 2. The molecule has 0 heterocycles. The van der Waals surface area contributed by atoms with Crippen LogP contribution in [0.15, 0.2) is 18.2 Å². The second-order valence-corrected chi connectivity index (χ2v) is 5.45. The fourth-order valence-corrected chi connectivity index (χ4v) is 2.30. The molecule has 0 radical (unpaired) electrons. The predicted molar refractivity (Wildman–Crippen MR) is 73.7 cm³/mol. The summed E-state index contributed by atoms with van der Waals surface area (Å²) in [6, 6.07) is 5.56. The number of fused-ring (bicyclic) bond motifs is 1. The summed E-state index contributed by atoms with van der Waals surface area (Å²) < 4.78 is 0. The van der Waals surface area contributed by atoms with E-state index in [1.165, 1.54) is 17.5 Å². The molecule has 1 aliphatic rings. The largest absolute Gasteiger partial charge is 0.479 e. The first-order valence-corrected chi connectivity index (χ1v) is 6.76. The predicted octanol–water partition coefficient (Wildman–Crippen LogP) is 1.13. The van der Waals surface area contributed by atoms with Crippen molar-refractivity contribution in [3.63, 3.8) is 0 Å². The van der Waals surface area contributed by atoms with Crippen LogP contribution in [0.3, 0.4) is 0 Å². The first-order chi connectivity index (χ1) is 9.40. The molecule has 1 aromatic rings. The third kappa shape index (κ3) is 3.17. The molecular formula is C15H19NO4. The quantitative estimate of drug-likeness (QED) is 0.770. The molecule has 1 unspecified atom stereocenters. The SMILES string of the molecule is CC(O)(CNC(=O)c1ccc2c(c1)CCCC2)C(=O)O. The van der Waals surface area contributed by atoms with Gasteiger partial charge in [-0.05, 0) is 55.9 Å². The lowest BCUT2D eigenvalue weighted by atomic mass is 9.90. The van der Waals surface area contributed by atoms with Gasteiger partial charge in [-0.25, -0.2) is 4.79 Å². The molecular weight excluding hydrogens is 258 g/mol. The number of nitrogens with one attached hydrogen (secondary N) is 1. The van der Waals surface area contributed by atoms with E-state index in [4.69, 9.17) is 5.11 Å². The van der Waals surface area contributed by atoms with Gasteiger partial charge in [0.1, 0.15) is 0 Å². The van der Waals surface area contributed by atoms with Crippen molar-refractivity contribution in [3.8, 4) is 0 Å². The number of hydrogen-bond donors (Lipinski definition) is 3. The van der Waals surface area contributed by atoms with E-state index in [-0.39, 0.29) is 12.5 Å². The van der Waals surface area contributed by atoms with Crippen LogP contribution in [0.25, 0.3) is 0 Å². The van der Waals surface area contributed by atoms with Gasteiger partial charge in [-0.15, -0.1) is 0 Å². The van der Waals surface area contributed by atoms with Crippen molar-refractivity contribution >= 4 is 11.9 Å². The van der Waals surface area contributed by atoms with Crippen LogP contribution in [0.4, 0.5) is 0 Å². The van der Waals surface area contributed by atoms with E-state index in [0.717, 1.165) is 26.2 Å². The van der Waals surface area contributed by atoms with Crippen molar-refractivity contribution in [1.29, 1.82) is 0 Å². The Bertz CT molecular complexity index is 537. The van der Waals surface area contributed by atoms with Crippen molar-refractivity contribution < 1.29 is 19.8 Å². The van der Waals surface area contributed by atoms with Crippen LogP contribution in [0.2, 0.25) is 0 Å². The van der Waals surface area contributed by atoms with Gasteiger partial charge in [0.05, 0.1) is 6.54 Å². The van der Waals surface area contributed by atoms with Gasteiger partial charge < -0.3 is 15.5 Å². The first kappa shape index (κ1) is 14.5. The Morgan fingerprint density at radius 1 is 1.25 bits per heavy atom. The van der Waals surface area contributed by atoms with E-state index in [9.17, 15) is 14.7 Å². The summed E-state index contributed by atoms with van der Waals surface area (Å²) in [4.78, 5) is 22.7. The van der Waals surface area contributed by atoms with Crippen LogP contribution < -0.4 is 5.32 Å². The number of carboxylic acid groups (broad SMARTS) is 1. The van der Waals surface area contributed by atoms with Gasteiger partial charge in [0, 0.05) is 5.56 Å². The van der Waals surface area contributed by atoms with E-state index >= 15 is 0 Å². The van der Waals surface area contributed by atoms with Crippen LogP contribution in [0, 0.1) is 0 Å². The van der Waals surface area contributed by atoms with Crippen molar-refractivity contribution in [2.45, 2.75) is 38.2 Å². The van der Waals surface area contributed by atoms with E-state index in [0.29, 0.717) is 5.56 Å². The lowest BCUT2D eigenvalue weighted by Crippen LogP contribution is -2.46. The number of amides is 1. The van der Waals surface area contributed by atoms with E-state index < -0.39 is 11.6 Å². The number of hydrogen-bond acceptors (Lipinski definition) is 3. The Morgan fingerprint density at radius 3 is 2.55 bits per heavy atom. The van der Waals surface area contributed by atoms with Crippen molar-refractivity contribution in [2.75, 3.05) is 6.54 Å². The van der Waals surface area contributed by atoms with Gasteiger partial charge in [0.25, 0.3) is 5.91 Å². The van der Waals surface area contributed by atoms with E-state index in [1.807, 2.05) is 12.1 Å². The Labute approximate surface area is 117 Å². The highest BCUT2D eigenvalue weighted by Gasteiger charge is 2.30. The molecule has 0 aromatic heterocycles. The minimum Gasteiger partial charge on any atom is -0.479 e. The highest BCUT2D eigenvalue weighted by Crippen LogP contribution is 2.22. The molecule has 0 aliphatic heterocycles. The second kappa shape index (κ2) is 5.63. The molecule has 108 valence electrons. The van der Waals surface area contributed by atoms with Crippen LogP contribution in [-0.4, -0.2) is 34.2 Å². The number of carbonyl (C=O) groups is 2. The van der Waals surface area contributed by atoms with Gasteiger partial charge in [0.2, 0.25) is 0 Å². The number of benzene rings is 1. The van der Waals surface area contributed by atoms with Crippen LogP contribution in [-0.2, 0) is 17.6 Å². The van der Waals surface area contributed by atoms with Gasteiger partial charge in [-0.3, -0.25) is 4.79 Å². The van der Waals surface area contributed by atoms with Gasteiger partial charge in [0.15, 0.2) is 5.60 Å². The molecule has 0 fully saturated rings. The molecule has 1 aromatic carbocycles. The Balaban J connectivity index is 2.04. The highest BCUT2D eigenvalue weighted by atomic mass is 16.4. The second-order valence-electron chi connectivity index (χ2n) is 5.45. The average molecular weight is 277 g/mol. The summed E-state index contributed by atoms with van der Waals surface area (Å²) in [5, 5.41) is 20.8. The molecule has 0 saturated carbocycles. The summed E-state index contributed by atoms with van der Waals surface area (Å²) >= 11 is 0. The third-order valence-electron chi connectivity index (χ3n) is 3.66. The van der Waals surface area contributed by atoms with Gasteiger partial charge in [-0.1, -0.05) is 6.07 Å². The normalized spacial score (nSPS) is 16.9. The maximum absolute atomic E-state index is 12.0. The number of carbonyl (C=O) groups excluding carboxylic acids is 1. The van der Waals surface area contributed by atoms with Crippen molar-refractivity contribution in [3.05, 3.63) is 34.9 Å². The van der Waals surface area contributed by atoms with E-state index in [2.05, 4.69) is 5.32 Å². The number of aliphatic carboxylic acids is 1. The number of carboxylic acids is 1. The molecule has 1 aliphatic carbocycles. The van der Waals surface area contributed by atoms with E-state index in [1.54, 1.807) is 6.07 Å². The fourth-order valence-electron chi connectivity index (χ4n) is 2.30. The molecule has 1 atom stereocenters. The zero-order valence-electron chi connectivity index (χ0n) is 11.5. The minimum absolute atomic E-state index is 0.321. The fraction of sp³-hybridized carbons (Fsp3) is 0.467. The Kier molecular flexibility index (Phi) is 4.09. The molecule has 3 N–H and O–H groups in total. The summed E-state index contributed by atoms with van der Waals surface area (Å²) in [6.07, 6.45) is 4.33. The summed E-state index contributed by atoms with van der Waals surface area (Å²) in [5.74, 6) is -1.72. The molecule has 5 nitrogen and oxygen atoms in total. The summed E-state index contributed by atoms with van der Waals surface area (Å²) in [5.41, 5.74) is 1.02. The molecule has 1 amide bonds. The van der Waals surface area contributed by atoms with Crippen LogP contribution >= 0.6 is 0 Å². The molecule has 20 heavy (non-hydrogen) atoms. The smallest absolute Gasteiger partial charge is 0.337 e.